The first kappa shape index (κ1) is 13.5. The van der Waals surface area contributed by atoms with E-state index in [4.69, 9.17) is 17.3 Å². The van der Waals surface area contributed by atoms with Crippen LogP contribution in [0.15, 0.2) is 47.1 Å². The molecule has 0 heterocycles. The maximum Gasteiger partial charge on any atom is 0.106 e. The van der Waals surface area contributed by atoms with Gasteiger partial charge in [-0.1, -0.05) is 29.8 Å². The smallest absolute Gasteiger partial charge is 0.106 e. The highest BCUT2D eigenvalue weighted by molar-refractivity contribution is 6.33. The van der Waals surface area contributed by atoms with Gasteiger partial charge in [0.2, 0.25) is 0 Å². The molecular formula is C13H15ClN2O. The lowest BCUT2D eigenvalue weighted by molar-refractivity contribution is 0.219. The van der Waals surface area contributed by atoms with Crippen molar-refractivity contribution in [1.29, 1.82) is 0 Å². The van der Waals surface area contributed by atoms with Crippen LogP contribution < -0.4 is 5.73 Å². The second-order valence-corrected chi connectivity index (χ2v) is 3.90. The maximum atomic E-state index is 10.2. The Morgan fingerprint density at radius 3 is 2.82 bits per heavy atom. The van der Waals surface area contributed by atoms with Crippen LogP contribution in [0.1, 0.15) is 18.6 Å². The second kappa shape index (κ2) is 6.23. The zero-order valence-electron chi connectivity index (χ0n) is 9.60. The van der Waals surface area contributed by atoms with Gasteiger partial charge in [0.1, 0.15) is 6.10 Å². The molecule has 1 aromatic rings. The van der Waals surface area contributed by atoms with E-state index in [0.29, 0.717) is 21.8 Å². The summed E-state index contributed by atoms with van der Waals surface area (Å²) in [4.78, 5) is 3.66. The molecule has 1 rings (SSSR count). The molecule has 1 aromatic carbocycles. The summed E-state index contributed by atoms with van der Waals surface area (Å²) in [7, 11) is 0. The van der Waals surface area contributed by atoms with Crippen molar-refractivity contribution >= 4 is 24.0 Å². The van der Waals surface area contributed by atoms with Gasteiger partial charge in [-0.2, -0.15) is 0 Å². The molecule has 17 heavy (non-hydrogen) atoms. The van der Waals surface area contributed by atoms with Gasteiger partial charge in [0, 0.05) is 11.8 Å². The molecule has 3 N–H and O–H groups in total. The molecule has 0 bridgehead atoms. The number of aliphatic hydroxyl groups excluding tert-OH is 1. The van der Waals surface area contributed by atoms with Gasteiger partial charge in [-0.25, -0.2) is 0 Å². The minimum absolute atomic E-state index is 0.439. The molecule has 0 aromatic heterocycles. The monoisotopic (exact) mass is 250 g/mol. The molecule has 0 aliphatic carbocycles. The predicted octanol–water partition coefficient (Wildman–Crippen LogP) is 3.12. The van der Waals surface area contributed by atoms with Crippen LogP contribution in [0.25, 0.3) is 0 Å². The summed E-state index contributed by atoms with van der Waals surface area (Å²) >= 11 is 5.82. The van der Waals surface area contributed by atoms with Crippen molar-refractivity contribution in [1.82, 2.24) is 0 Å². The van der Waals surface area contributed by atoms with Gasteiger partial charge in [-0.3, -0.25) is 4.99 Å². The molecule has 4 heteroatoms. The van der Waals surface area contributed by atoms with Crippen molar-refractivity contribution in [3.05, 3.63) is 52.7 Å². The van der Waals surface area contributed by atoms with Crippen molar-refractivity contribution in [2.75, 3.05) is 5.73 Å². The molecule has 3 nitrogen and oxygen atoms in total. The fourth-order valence-electron chi connectivity index (χ4n) is 1.43. The first-order valence-electron chi connectivity index (χ1n) is 5.11. The van der Waals surface area contributed by atoms with Crippen LogP contribution >= 0.6 is 11.6 Å². The third-order valence-electron chi connectivity index (χ3n) is 2.25. The van der Waals surface area contributed by atoms with Gasteiger partial charge < -0.3 is 10.8 Å². The number of nitrogen functional groups attached to an aromatic ring is 1. The van der Waals surface area contributed by atoms with Crippen LogP contribution in [0, 0.1) is 0 Å². The van der Waals surface area contributed by atoms with Crippen LogP contribution in [-0.2, 0) is 0 Å². The Labute approximate surface area is 106 Å². The predicted molar refractivity (Wildman–Crippen MR) is 73.3 cm³/mol. The van der Waals surface area contributed by atoms with Crippen LogP contribution in [0.3, 0.4) is 0 Å². The van der Waals surface area contributed by atoms with Crippen molar-refractivity contribution in [2.45, 2.75) is 13.0 Å². The Morgan fingerprint density at radius 2 is 2.29 bits per heavy atom. The largest absolute Gasteiger partial charge is 0.398 e. The Balaban J connectivity index is 3.09. The lowest BCUT2D eigenvalue weighted by Crippen LogP contribution is -2.01. The minimum Gasteiger partial charge on any atom is -0.398 e. The summed E-state index contributed by atoms with van der Waals surface area (Å²) in [5, 5.41) is 10.6. The number of aliphatic hydroxyl groups is 1. The lowest BCUT2D eigenvalue weighted by atomic mass is 10.0. The average molecular weight is 251 g/mol. The maximum absolute atomic E-state index is 10.2. The van der Waals surface area contributed by atoms with Gasteiger partial charge in [0.25, 0.3) is 0 Å². The standard InChI is InChI=1S/C13H15ClN2O/c1-3-4-10(8-16-2)13(17)9-5-6-11(14)12(15)7-9/h3-8,13,17H,2,15H2,1H3/b4-3-,10-8+. The zero-order valence-corrected chi connectivity index (χ0v) is 10.4. The third kappa shape index (κ3) is 3.44. The summed E-state index contributed by atoms with van der Waals surface area (Å²) < 4.78 is 0. The molecule has 0 fully saturated rings. The van der Waals surface area contributed by atoms with Crippen molar-refractivity contribution in [2.24, 2.45) is 4.99 Å². The molecule has 0 radical (unpaired) electrons. The van der Waals surface area contributed by atoms with Gasteiger partial charge in [-0.15, -0.1) is 0 Å². The Hall–Kier alpha value is -1.58. The van der Waals surface area contributed by atoms with Gasteiger partial charge in [0.15, 0.2) is 0 Å². The summed E-state index contributed by atoms with van der Waals surface area (Å²) in [6.45, 7) is 5.23. The molecule has 0 aliphatic rings. The van der Waals surface area contributed by atoms with Crippen molar-refractivity contribution in [3.8, 4) is 0 Å². The molecule has 1 unspecified atom stereocenters. The number of aliphatic imine (C=N–C) groups is 1. The van der Waals surface area contributed by atoms with E-state index in [0.717, 1.165) is 0 Å². The third-order valence-corrected chi connectivity index (χ3v) is 2.60. The average Bonchev–Trinajstić information content (AvgIpc) is 2.31. The van der Waals surface area contributed by atoms with Crippen LogP contribution in [-0.4, -0.2) is 11.8 Å². The van der Waals surface area contributed by atoms with Crippen molar-refractivity contribution in [3.63, 3.8) is 0 Å². The molecule has 0 aliphatic heterocycles. The molecule has 0 saturated heterocycles. The molecular weight excluding hydrogens is 236 g/mol. The number of anilines is 1. The molecule has 0 amide bonds. The number of hydrogen-bond donors (Lipinski definition) is 2. The quantitative estimate of drug-likeness (QED) is 0.490. The van der Waals surface area contributed by atoms with Gasteiger partial charge in [-0.05, 0) is 31.3 Å². The lowest BCUT2D eigenvalue weighted by Gasteiger charge is -2.13. The van der Waals surface area contributed by atoms with Crippen molar-refractivity contribution < 1.29 is 5.11 Å². The van der Waals surface area contributed by atoms with Gasteiger partial charge >= 0.3 is 0 Å². The van der Waals surface area contributed by atoms with E-state index in [1.54, 1.807) is 24.3 Å². The Bertz CT molecular complexity index is 466. The van der Waals surface area contributed by atoms with E-state index in [1.807, 2.05) is 13.0 Å². The summed E-state index contributed by atoms with van der Waals surface area (Å²) in [5.41, 5.74) is 7.44. The highest BCUT2D eigenvalue weighted by atomic mass is 35.5. The molecule has 90 valence electrons. The van der Waals surface area contributed by atoms with E-state index in [9.17, 15) is 5.11 Å². The van der Waals surface area contributed by atoms with E-state index < -0.39 is 6.10 Å². The normalized spacial score (nSPS) is 13.9. The number of hydrogen-bond acceptors (Lipinski definition) is 3. The number of nitrogens with zero attached hydrogens (tertiary/aromatic N) is 1. The number of rotatable bonds is 4. The fraction of sp³-hybridized carbons (Fsp3) is 0.154. The second-order valence-electron chi connectivity index (χ2n) is 3.50. The first-order valence-corrected chi connectivity index (χ1v) is 5.49. The number of nitrogens with two attached hydrogens (primary N) is 1. The van der Waals surface area contributed by atoms with Crippen LogP contribution in [0.2, 0.25) is 5.02 Å². The summed E-state index contributed by atoms with van der Waals surface area (Å²) in [6, 6.07) is 5.03. The summed E-state index contributed by atoms with van der Waals surface area (Å²) in [5.74, 6) is 0. The van der Waals surface area contributed by atoms with Gasteiger partial charge in [0.05, 0.1) is 10.7 Å². The van der Waals surface area contributed by atoms with Crippen LogP contribution in [0.4, 0.5) is 5.69 Å². The van der Waals surface area contributed by atoms with E-state index in [2.05, 4.69) is 11.7 Å². The molecule has 0 saturated carbocycles. The molecule has 0 spiro atoms. The van der Waals surface area contributed by atoms with E-state index >= 15 is 0 Å². The van der Waals surface area contributed by atoms with E-state index in [-0.39, 0.29) is 0 Å². The Kier molecular flexibility index (Phi) is 4.94. The fourth-order valence-corrected chi connectivity index (χ4v) is 1.54. The number of halogens is 1. The summed E-state index contributed by atoms with van der Waals surface area (Å²) in [6.07, 6.45) is 4.30. The molecule has 1 atom stereocenters. The Morgan fingerprint density at radius 1 is 1.59 bits per heavy atom. The van der Waals surface area contributed by atoms with E-state index in [1.165, 1.54) is 6.20 Å². The number of benzene rings is 1. The highest BCUT2D eigenvalue weighted by Crippen LogP contribution is 2.27. The zero-order chi connectivity index (χ0) is 12.8. The van der Waals surface area contributed by atoms with Crippen LogP contribution in [0.5, 0.6) is 0 Å². The minimum atomic E-state index is -0.795. The topological polar surface area (TPSA) is 58.6 Å². The SMILES string of the molecule is C=N/C=C(\C=C/C)C(O)c1ccc(Cl)c(N)c1. The first-order chi connectivity index (χ1) is 8.10. The highest BCUT2D eigenvalue weighted by Gasteiger charge is 2.12. The number of allylic oxidation sites excluding steroid dienone is 1.